The zero-order valence-electron chi connectivity index (χ0n) is 20.0. The van der Waals surface area contributed by atoms with E-state index >= 15 is 0 Å². The third-order valence-corrected chi connectivity index (χ3v) is 5.71. The summed E-state index contributed by atoms with van der Waals surface area (Å²) in [7, 11) is 0. The largest absolute Gasteiger partial charge is 0.381 e. The number of nitrogens with zero attached hydrogens (tertiary/aromatic N) is 2. The zero-order chi connectivity index (χ0) is 23.7. The number of imidazole rings is 1. The first-order valence-corrected chi connectivity index (χ1v) is 11.3. The number of amides is 2. The second kappa shape index (κ2) is 9.10. The summed E-state index contributed by atoms with van der Waals surface area (Å²) in [5, 5.41) is 5.76. The molecule has 1 atom stereocenters. The number of ether oxygens (including phenoxy) is 1. The third-order valence-electron chi connectivity index (χ3n) is 5.71. The Morgan fingerprint density at radius 2 is 1.66 bits per heavy atom. The molecule has 0 aliphatic carbocycles. The molecule has 176 valence electrons. The van der Waals surface area contributed by atoms with Gasteiger partial charge in [-0.1, -0.05) is 32.9 Å². The summed E-state index contributed by atoms with van der Waals surface area (Å²) in [4.78, 5) is 39.7. The van der Waals surface area contributed by atoms with E-state index in [1.165, 1.54) is 0 Å². The van der Waals surface area contributed by atoms with Gasteiger partial charge in [0.05, 0.1) is 11.0 Å². The van der Waals surface area contributed by atoms with Crippen molar-refractivity contribution < 1.29 is 14.3 Å². The summed E-state index contributed by atoms with van der Waals surface area (Å²) < 4.78 is 8.26. The van der Waals surface area contributed by atoms with Gasteiger partial charge in [0.1, 0.15) is 6.04 Å². The van der Waals surface area contributed by atoms with Crippen molar-refractivity contribution in [1.82, 2.24) is 19.8 Å². The first-order chi connectivity index (χ1) is 14.9. The summed E-state index contributed by atoms with van der Waals surface area (Å²) in [6, 6.07) is 5.88. The number of aromatic nitrogens is 2. The van der Waals surface area contributed by atoms with Crippen LogP contribution >= 0.6 is 0 Å². The molecule has 1 fully saturated rings. The second-order valence-electron chi connectivity index (χ2n) is 10.8. The Labute approximate surface area is 189 Å². The lowest BCUT2D eigenvalue weighted by Crippen LogP contribution is -2.58. The minimum absolute atomic E-state index is 0.280. The highest BCUT2D eigenvalue weighted by atomic mass is 16.5. The lowest BCUT2D eigenvalue weighted by molar-refractivity contribution is -0.126. The van der Waals surface area contributed by atoms with Crippen LogP contribution in [0.4, 0.5) is 4.79 Å². The predicted molar refractivity (Wildman–Crippen MR) is 125 cm³/mol. The average molecular weight is 445 g/mol. The van der Waals surface area contributed by atoms with E-state index in [-0.39, 0.29) is 11.6 Å². The molecular formula is C24H36N4O4. The minimum atomic E-state index is -0.807. The van der Waals surface area contributed by atoms with Crippen LogP contribution in [0.3, 0.4) is 0 Å². The van der Waals surface area contributed by atoms with Gasteiger partial charge in [0.15, 0.2) is 0 Å². The maximum Gasteiger partial charge on any atom is 0.337 e. The van der Waals surface area contributed by atoms with E-state index < -0.39 is 23.0 Å². The average Bonchev–Trinajstić information content (AvgIpc) is 2.96. The fourth-order valence-electron chi connectivity index (χ4n) is 4.07. The van der Waals surface area contributed by atoms with E-state index in [4.69, 9.17) is 4.74 Å². The number of hydrogen-bond donors (Lipinski definition) is 2. The van der Waals surface area contributed by atoms with E-state index in [0.717, 1.165) is 17.4 Å². The first-order valence-electron chi connectivity index (χ1n) is 11.3. The number of rotatable bonds is 4. The highest BCUT2D eigenvalue weighted by Gasteiger charge is 2.35. The summed E-state index contributed by atoms with van der Waals surface area (Å²) in [6.45, 7) is 13.2. The van der Waals surface area contributed by atoms with Gasteiger partial charge in [-0.25, -0.2) is 14.2 Å². The number of hydrogen-bond acceptors (Lipinski definition) is 4. The number of benzene rings is 1. The van der Waals surface area contributed by atoms with Crippen molar-refractivity contribution in [3.05, 3.63) is 34.7 Å². The smallest absolute Gasteiger partial charge is 0.337 e. The summed E-state index contributed by atoms with van der Waals surface area (Å²) in [5.74, 6) is 0.0426. The zero-order valence-corrected chi connectivity index (χ0v) is 20.0. The molecule has 0 unspecified atom stereocenters. The summed E-state index contributed by atoms with van der Waals surface area (Å²) >= 11 is 0. The van der Waals surface area contributed by atoms with Gasteiger partial charge in [0.25, 0.3) is 0 Å². The van der Waals surface area contributed by atoms with E-state index in [1.807, 2.05) is 53.7 Å². The van der Waals surface area contributed by atoms with Gasteiger partial charge in [0, 0.05) is 25.3 Å². The van der Waals surface area contributed by atoms with E-state index in [1.54, 1.807) is 16.7 Å². The van der Waals surface area contributed by atoms with Crippen molar-refractivity contribution in [2.75, 3.05) is 13.2 Å². The maximum atomic E-state index is 13.4. The van der Waals surface area contributed by atoms with Crippen LogP contribution in [0.15, 0.2) is 29.1 Å². The molecule has 0 radical (unpaired) electrons. The van der Waals surface area contributed by atoms with E-state index in [9.17, 15) is 14.4 Å². The molecular weight excluding hydrogens is 408 g/mol. The molecule has 0 saturated carbocycles. The molecule has 1 aliphatic rings. The SMILES string of the molecule is CC(C)(C)NC(=O)[C@@H](NC(=O)n1c(=O)n(CC2CCOCC2)c2ccccc21)C(C)(C)C. The molecule has 2 N–H and O–H groups in total. The molecule has 2 aromatic rings. The van der Waals surface area contributed by atoms with E-state index in [0.29, 0.717) is 36.7 Å². The van der Waals surface area contributed by atoms with Crippen molar-refractivity contribution in [2.24, 2.45) is 11.3 Å². The maximum absolute atomic E-state index is 13.4. The molecule has 1 aromatic heterocycles. The van der Waals surface area contributed by atoms with Crippen LogP contribution in [0.2, 0.25) is 0 Å². The summed E-state index contributed by atoms with van der Waals surface area (Å²) in [6.07, 6.45) is 1.77. The molecule has 1 aromatic carbocycles. The fourth-order valence-corrected chi connectivity index (χ4v) is 4.07. The van der Waals surface area contributed by atoms with Crippen LogP contribution < -0.4 is 16.3 Å². The van der Waals surface area contributed by atoms with Crippen LogP contribution in [0.25, 0.3) is 11.0 Å². The Balaban J connectivity index is 1.95. The molecule has 0 bridgehead atoms. The van der Waals surface area contributed by atoms with Gasteiger partial charge in [-0.15, -0.1) is 0 Å². The van der Waals surface area contributed by atoms with Crippen LogP contribution in [0.1, 0.15) is 54.4 Å². The standard InChI is InChI=1S/C24H36N4O4/c1-23(2,3)19(20(29)26-24(4,5)6)25-21(30)28-18-10-8-7-9-17(18)27(22(28)31)15-16-11-13-32-14-12-16/h7-10,16,19H,11-15H2,1-6H3,(H,25,30)(H,26,29)/t19-/m1/s1. The second-order valence-corrected chi connectivity index (χ2v) is 10.8. The van der Waals surface area contributed by atoms with Crippen LogP contribution in [0.5, 0.6) is 0 Å². The number of carbonyl (C=O) groups excluding carboxylic acids is 2. The molecule has 8 heteroatoms. The van der Waals surface area contributed by atoms with Crippen molar-refractivity contribution in [2.45, 2.75) is 72.5 Å². The van der Waals surface area contributed by atoms with Crippen LogP contribution in [0, 0.1) is 11.3 Å². The van der Waals surface area contributed by atoms with Gasteiger partial charge >= 0.3 is 11.7 Å². The first kappa shape index (κ1) is 24.0. The monoisotopic (exact) mass is 444 g/mol. The Hall–Kier alpha value is -2.61. The van der Waals surface area contributed by atoms with Crippen LogP contribution in [-0.4, -0.2) is 45.9 Å². The van der Waals surface area contributed by atoms with Gasteiger partial charge < -0.3 is 15.4 Å². The Morgan fingerprint density at radius 3 is 2.22 bits per heavy atom. The lowest BCUT2D eigenvalue weighted by Gasteiger charge is -2.33. The lowest BCUT2D eigenvalue weighted by atomic mass is 9.85. The number of carbonyl (C=O) groups is 2. The topological polar surface area (TPSA) is 94.4 Å². The molecule has 0 spiro atoms. The molecule has 2 amide bonds. The molecule has 1 aliphatic heterocycles. The fraction of sp³-hybridized carbons (Fsp3) is 0.625. The molecule has 3 rings (SSSR count). The Kier molecular flexibility index (Phi) is 6.83. The van der Waals surface area contributed by atoms with Crippen molar-refractivity contribution in [3.8, 4) is 0 Å². The molecule has 1 saturated heterocycles. The summed E-state index contributed by atoms with van der Waals surface area (Å²) in [5.41, 5.74) is -0.132. The molecule has 8 nitrogen and oxygen atoms in total. The normalized spacial score (nSPS) is 16.7. The number of para-hydroxylation sites is 2. The van der Waals surface area contributed by atoms with Crippen LogP contribution in [-0.2, 0) is 16.1 Å². The quantitative estimate of drug-likeness (QED) is 0.758. The highest BCUT2D eigenvalue weighted by Crippen LogP contribution is 2.22. The third kappa shape index (κ3) is 5.41. The highest BCUT2D eigenvalue weighted by molar-refractivity contribution is 5.93. The number of nitrogens with one attached hydrogen (secondary N) is 2. The van der Waals surface area contributed by atoms with Crippen molar-refractivity contribution in [3.63, 3.8) is 0 Å². The van der Waals surface area contributed by atoms with Gasteiger partial charge in [-0.3, -0.25) is 9.36 Å². The van der Waals surface area contributed by atoms with Crippen molar-refractivity contribution in [1.29, 1.82) is 0 Å². The van der Waals surface area contributed by atoms with Gasteiger partial charge in [-0.05, 0) is 57.1 Å². The number of fused-ring (bicyclic) bond motifs is 1. The molecule has 32 heavy (non-hydrogen) atoms. The Bertz CT molecular complexity index is 1030. The van der Waals surface area contributed by atoms with E-state index in [2.05, 4.69) is 10.6 Å². The Morgan fingerprint density at radius 1 is 1.06 bits per heavy atom. The van der Waals surface area contributed by atoms with Crippen molar-refractivity contribution >= 4 is 23.0 Å². The molecule has 2 heterocycles. The van der Waals surface area contributed by atoms with Gasteiger partial charge in [-0.2, -0.15) is 0 Å². The minimum Gasteiger partial charge on any atom is -0.381 e. The van der Waals surface area contributed by atoms with Gasteiger partial charge in [0.2, 0.25) is 5.91 Å². The predicted octanol–water partition coefficient (Wildman–Crippen LogP) is 3.12.